The van der Waals surface area contributed by atoms with E-state index in [0.717, 1.165) is 0 Å². The van der Waals surface area contributed by atoms with Gasteiger partial charge in [-0.05, 0) is 48.5 Å². The van der Waals surface area contributed by atoms with E-state index in [2.05, 4.69) is 52.2 Å². The van der Waals surface area contributed by atoms with Crippen molar-refractivity contribution in [2.75, 3.05) is 11.5 Å². The molecule has 4 nitrogen and oxygen atoms in total. The highest BCUT2D eigenvalue weighted by molar-refractivity contribution is 8.76. The molecule has 0 fully saturated rings. The molecule has 0 aliphatic rings. The fraction of sp³-hybridized carbons (Fsp3) is 0.913. The van der Waals surface area contributed by atoms with Gasteiger partial charge < -0.3 is 5.32 Å². The Labute approximate surface area is 188 Å². The summed E-state index contributed by atoms with van der Waals surface area (Å²) in [5.74, 6) is 1.76. The van der Waals surface area contributed by atoms with Gasteiger partial charge >= 0.3 is 0 Å². The molecule has 0 aliphatic carbocycles. The zero-order chi connectivity index (χ0) is 23.5. The summed E-state index contributed by atoms with van der Waals surface area (Å²) in [6.45, 7) is 26.3. The molecule has 0 saturated heterocycles. The number of rotatable bonds is 9. The molecule has 2 unspecified atom stereocenters. The van der Waals surface area contributed by atoms with Crippen LogP contribution in [0.15, 0.2) is 0 Å². The Balaban J connectivity index is 5.23. The highest BCUT2D eigenvalue weighted by Gasteiger charge is 2.42. The summed E-state index contributed by atoms with van der Waals surface area (Å²) in [4.78, 5) is 26.1. The third-order valence-electron chi connectivity index (χ3n) is 4.16. The molecule has 0 rings (SSSR count). The number of Topliss-reactive ketones (excluding diaryl/α,β-unsaturated/α-hetero) is 2. The van der Waals surface area contributed by atoms with Crippen LogP contribution in [0.4, 0.5) is 0 Å². The summed E-state index contributed by atoms with van der Waals surface area (Å²) in [5.41, 5.74) is -1.74. The second-order valence-corrected chi connectivity index (χ2v) is 14.9. The highest BCUT2D eigenvalue weighted by Crippen LogP contribution is 2.33. The van der Waals surface area contributed by atoms with Gasteiger partial charge in [0.1, 0.15) is 0 Å². The van der Waals surface area contributed by atoms with Gasteiger partial charge in [-0.15, -0.1) is 0 Å². The Morgan fingerprint density at radius 1 is 0.724 bits per heavy atom. The Morgan fingerprint density at radius 2 is 1.21 bits per heavy atom. The van der Waals surface area contributed by atoms with Crippen molar-refractivity contribution in [1.82, 2.24) is 10.6 Å². The van der Waals surface area contributed by atoms with Gasteiger partial charge in [0.15, 0.2) is 11.6 Å². The maximum Gasteiger partial charge on any atom is 0.158 e. The molecule has 172 valence electrons. The monoisotopic (exact) mass is 446 g/mol. The van der Waals surface area contributed by atoms with Crippen molar-refractivity contribution < 1.29 is 9.59 Å². The third kappa shape index (κ3) is 11.2. The standard InChI is InChI=1S/C23H46N2O2S2/c1-19(2,3)17(26)16(24-21(7,8)9)14-28-29-15-23(13,25-22(10,11)12)18(27)20(4,5)6/h16,24-25H,14-15H2,1-13H3. The van der Waals surface area contributed by atoms with Crippen LogP contribution < -0.4 is 10.6 Å². The molecular formula is C23H46N2O2S2. The Bertz CT molecular complexity index is 563. The Hall–Kier alpha value is -0.0400. The van der Waals surface area contributed by atoms with Crippen LogP contribution in [0.5, 0.6) is 0 Å². The van der Waals surface area contributed by atoms with Crippen molar-refractivity contribution in [3.8, 4) is 0 Å². The van der Waals surface area contributed by atoms with E-state index in [0.29, 0.717) is 11.5 Å². The summed E-state index contributed by atoms with van der Waals surface area (Å²) in [7, 11) is 3.34. The highest BCUT2D eigenvalue weighted by atomic mass is 33.1. The fourth-order valence-electron chi connectivity index (χ4n) is 3.32. The van der Waals surface area contributed by atoms with Crippen molar-refractivity contribution in [3.63, 3.8) is 0 Å². The molecule has 2 atom stereocenters. The molecule has 6 heteroatoms. The van der Waals surface area contributed by atoms with E-state index >= 15 is 0 Å². The van der Waals surface area contributed by atoms with Gasteiger partial charge in [-0.2, -0.15) is 0 Å². The van der Waals surface area contributed by atoms with Crippen molar-refractivity contribution in [2.45, 2.75) is 113 Å². The summed E-state index contributed by atoms with van der Waals surface area (Å²) in [6, 6.07) is -0.215. The smallest absolute Gasteiger partial charge is 0.158 e. The molecule has 0 aromatic heterocycles. The van der Waals surface area contributed by atoms with Crippen LogP contribution in [0.1, 0.15) is 90.0 Å². The van der Waals surface area contributed by atoms with Crippen molar-refractivity contribution >= 4 is 33.2 Å². The molecule has 0 radical (unpaired) electrons. The zero-order valence-corrected chi connectivity index (χ0v) is 22.8. The number of hydrogen-bond acceptors (Lipinski definition) is 6. The first-order valence-electron chi connectivity index (χ1n) is 10.5. The maximum atomic E-state index is 13.2. The van der Waals surface area contributed by atoms with Gasteiger partial charge in [0.25, 0.3) is 0 Å². The van der Waals surface area contributed by atoms with E-state index in [4.69, 9.17) is 0 Å². The van der Waals surface area contributed by atoms with Crippen molar-refractivity contribution in [1.29, 1.82) is 0 Å². The third-order valence-corrected chi connectivity index (χ3v) is 6.75. The molecule has 0 saturated carbocycles. The minimum absolute atomic E-state index is 0.138. The van der Waals surface area contributed by atoms with E-state index in [1.165, 1.54) is 0 Å². The lowest BCUT2D eigenvalue weighted by Gasteiger charge is -2.40. The summed E-state index contributed by atoms with van der Waals surface area (Å²) in [6.07, 6.45) is 0. The largest absolute Gasteiger partial charge is 0.302 e. The SMILES string of the molecule is CC(C)(C)NC(CSSCC(C)(NC(C)(C)C)C(=O)C(C)(C)C)C(=O)C(C)(C)C. The first-order chi connectivity index (χ1) is 12.6. The van der Waals surface area contributed by atoms with Crippen LogP contribution in [-0.2, 0) is 9.59 Å². The number of nitrogens with one attached hydrogen (secondary N) is 2. The normalized spacial score (nSPS) is 17.0. The lowest BCUT2D eigenvalue weighted by atomic mass is 9.79. The molecule has 0 aliphatic heterocycles. The second kappa shape index (κ2) is 10.1. The van der Waals surface area contributed by atoms with Crippen LogP contribution in [0.25, 0.3) is 0 Å². The van der Waals surface area contributed by atoms with Gasteiger partial charge in [-0.25, -0.2) is 0 Å². The van der Waals surface area contributed by atoms with Gasteiger partial charge in [0.2, 0.25) is 0 Å². The number of hydrogen-bond donors (Lipinski definition) is 2. The van der Waals surface area contributed by atoms with E-state index in [1.54, 1.807) is 21.6 Å². The van der Waals surface area contributed by atoms with E-state index in [-0.39, 0.29) is 28.7 Å². The summed E-state index contributed by atoms with van der Waals surface area (Å²) in [5, 5.41) is 7.03. The van der Waals surface area contributed by atoms with Crippen LogP contribution in [0, 0.1) is 10.8 Å². The quantitative estimate of drug-likeness (QED) is 0.360. The van der Waals surface area contributed by atoms with Crippen LogP contribution >= 0.6 is 21.6 Å². The minimum Gasteiger partial charge on any atom is -0.302 e. The maximum absolute atomic E-state index is 13.2. The van der Waals surface area contributed by atoms with Crippen molar-refractivity contribution in [2.24, 2.45) is 10.8 Å². The first-order valence-corrected chi connectivity index (χ1v) is 13.0. The van der Waals surface area contributed by atoms with Crippen molar-refractivity contribution in [3.05, 3.63) is 0 Å². The van der Waals surface area contributed by atoms with Crippen LogP contribution in [0.2, 0.25) is 0 Å². The Kier molecular flexibility index (Phi) is 10.0. The molecule has 0 amide bonds. The molecular weight excluding hydrogens is 400 g/mol. The molecule has 2 N–H and O–H groups in total. The van der Waals surface area contributed by atoms with Gasteiger partial charge in [-0.1, -0.05) is 63.1 Å². The van der Waals surface area contributed by atoms with E-state index in [1.807, 2.05) is 48.5 Å². The molecule has 0 aromatic carbocycles. The summed E-state index contributed by atoms with van der Waals surface area (Å²) >= 11 is 0. The zero-order valence-electron chi connectivity index (χ0n) is 21.1. The minimum atomic E-state index is -0.630. The lowest BCUT2D eigenvalue weighted by molar-refractivity contribution is -0.132. The predicted octanol–water partition coefficient (Wildman–Crippen LogP) is 5.50. The van der Waals surface area contributed by atoms with Crippen LogP contribution in [-0.4, -0.2) is 45.7 Å². The average Bonchev–Trinajstić information content (AvgIpc) is 2.44. The fourth-order valence-corrected chi connectivity index (χ4v) is 5.96. The van der Waals surface area contributed by atoms with Gasteiger partial charge in [0.05, 0.1) is 11.6 Å². The molecule has 0 spiro atoms. The first kappa shape index (κ1) is 29.0. The molecule has 0 bridgehead atoms. The number of carbonyl (C=O) groups excluding carboxylic acids is 2. The van der Waals surface area contributed by atoms with E-state index in [9.17, 15) is 9.59 Å². The lowest BCUT2D eigenvalue weighted by Crippen LogP contribution is -2.61. The molecule has 29 heavy (non-hydrogen) atoms. The Morgan fingerprint density at radius 3 is 1.55 bits per heavy atom. The van der Waals surface area contributed by atoms with Crippen LogP contribution in [0.3, 0.4) is 0 Å². The van der Waals surface area contributed by atoms with E-state index < -0.39 is 16.4 Å². The molecule has 0 aromatic rings. The average molecular weight is 447 g/mol. The van der Waals surface area contributed by atoms with Gasteiger partial charge in [-0.3, -0.25) is 14.9 Å². The predicted molar refractivity (Wildman–Crippen MR) is 132 cm³/mol. The number of carbonyl (C=O) groups is 2. The molecule has 0 heterocycles. The second-order valence-electron chi connectivity index (χ2n) is 12.4. The summed E-state index contributed by atoms with van der Waals surface area (Å²) < 4.78 is 0. The van der Waals surface area contributed by atoms with Gasteiger partial charge in [0, 0.05) is 33.4 Å². The number of ketones is 2. The topological polar surface area (TPSA) is 58.2 Å².